The van der Waals surface area contributed by atoms with Crippen molar-refractivity contribution in [2.24, 2.45) is 5.92 Å². The molecule has 5 rings (SSSR count). The van der Waals surface area contributed by atoms with Crippen LogP contribution in [0.2, 0.25) is 0 Å². The molecule has 0 unspecified atom stereocenters. The van der Waals surface area contributed by atoms with Gasteiger partial charge in [-0.15, -0.1) is 0 Å². The van der Waals surface area contributed by atoms with Crippen molar-refractivity contribution in [2.45, 2.75) is 19.3 Å². The smallest absolute Gasteiger partial charge is 0.257 e. The van der Waals surface area contributed by atoms with E-state index in [4.69, 9.17) is 14.2 Å². The third kappa shape index (κ3) is 6.34. The second-order valence-corrected chi connectivity index (χ2v) is 9.58. The van der Waals surface area contributed by atoms with E-state index in [0.717, 1.165) is 58.8 Å². The van der Waals surface area contributed by atoms with Crippen LogP contribution in [-0.2, 0) is 9.53 Å². The Hall–Kier alpha value is -3.14. The molecule has 0 saturated carbocycles. The van der Waals surface area contributed by atoms with Crippen LogP contribution in [0.4, 0.5) is 11.4 Å². The van der Waals surface area contributed by atoms with E-state index in [1.165, 1.54) is 6.42 Å². The Kier molecular flexibility index (Phi) is 8.00. The Morgan fingerprint density at radius 3 is 2.50 bits per heavy atom. The molecule has 2 fully saturated rings. The largest absolute Gasteiger partial charge is 0.454 e. The molecule has 0 atom stereocenters. The number of carbonyl (C=O) groups is 2. The van der Waals surface area contributed by atoms with Crippen LogP contribution in [-0.4, -0.2) is 80.9 Å². The van der Waals surface area contributed by atoms with Crippen LogP contribution < -0.4 is 20.1 Å². The third-order valence-corrected chi connectivity index (χ3v) is 7.11. The van der Waals surface area contributed by atoms with Crippen LogP contribution >= 0.6 is 0 Å². The molecule has 0 bridgehead atoms. The monoisotopic (exact) mass is 494 g/mol. The van der Waals surface area contributed by atoms with Gasteiger partial charge < -0.3 is 24.8 Å². The number of likely N-dealkylation sites (tertiary alicyclic amines) is 1. The van der Waals surface area contributed by atoms with E-state index in [1.54, 1.807) is 36.4 Å². The lowest BCUT2D eigenvalue weighted by atomic mass is 9.93. The zero-order valence-corrected chi connectivity index (χ0v) is 20.5. The Balaban J connectivity index is 1.09. The molecule has 192 valence electrons. The molecular formula is C27H34N4O5. The molecule has 2 amide bonds. The van der Waals surface area contributed by atoms with Gasteiger partial charge in [0.05, 0.1) is 31.0 Å². The first kappa shape index (κ1) is 24.5. The van der Waals surface area contributed by atoms with E-state index in [2.05, 4.69) is 20.4 Å². The number of morpholine rings is 1. The van der Waals surface area contributed by atoms with E-state index in [9.17, 15) is 9.59 Å². The van der Waals surface area contributed by atoms with Gasteiger partial charge in [0.2, 0.25) is 12.7 Å². The number of nitrogens with zero attached hydrogens (tertiary/aromatic N) is 2. The number of fused-ring (bicyclic) bond motifs is 1. The van der Waals surface area contributed by atoms with Crippen LogP contribution in [0.1, 0.15) is 29.6 Å². The number of rotatable bonds is 8. The SMILES string of the molecule is O=C(CN1CCC(CCN2CCOCC2)CC1)Nc1ccccc1C(=O)Nc1ccc2c(c1)OCO2. The number of piperidine rings is 1. The quantitative estimate of drug-likeness (QED) is 0.583. The van der Waals surface area contributed by atoms with Crippen LogP contribution in [0.3, 0.4) is 0 Å². The molecule has 2 saturated heterocycles. The standard InChI is InChI=1S/C27H34N4O5/c32-26(18-31-11-8-20(9-12-31)7-10-30-13-15-34-16-14-30)29-23-4-2-1-3-22(23)27(33)28-21-5-6-24-25(17-21)36-19-35-24/h1-6,17,20H,7-16,18-19H2,(H,28,33)(H,29,32). The molecule has 3 heterocycles. The average Bonchev–Trinajstić information content (AvgIpc) is 3.37. The molecule has 9 heteroatoms. The summed E-state index contributed by atoms with van der Waals surface area (Å²) in [5.41, 5.74) is 1.51. The van der Waals surface area contributed by atoms with Crippen LogP contribution in [0, 0.1) is 5.92 Å². The predicted octanol–water partition coefficient (Wildman–Crippen LogP) is 3.04. The molecule has 3 aliphatic rings. The summed E-state index contributed by atoms with van der Waals surface area (Å²) >= 11 is 0. The van der Waals surface area contributed by atoms with Gasteiger partial charge in [0, 0.05) is 24.8 Å². The molecular weight excluding hydrogens is 460 g/mol. The molecule has 2 aromatic carbocycles. The van der Waals surface area contributed by atoms with Gasteiger partial charge in [0.25, 0.3) is 5.91 Å². The zero-order chi connectivity index (χ0) is 24.7. The summed E-state index contributed by atoms with van der Waals surface area (Å²) in [6.45, 7) is 7.25. The topological polar surface area (TPSA) is 92.4 Å². The van der Waals surface area contributed by atoms with Gasteiger partial charge in [-0.25, -0.2) is 0 Å². The number of ether oxygens (including phenoxy) is 3. The number of carbonyl (C=O) groups excluding carboxylic acids is 2. The number of benzene rings is 2. The van der Waals surface area contributed by atoms with E-state index < -0.39 is 0 Å². The van der Waals surface area contributed by atoms with Crippen molar-refractivity contribution in [2.75, 3.05) is 69.9 Å². The minimum absolute atomic E-state index is 0.106. The highest BCUT2D eigenvalue weighted by molar-refractivity contribution is 6.10. The Labute approximate surface area is 211 Å². The Morgan fingerprint density at radius 1 is 0.889 bits per heavy atom. The fourth-order valence-corrected chi connectivity index (χ4v) is 4.98. The Morgan fingerprint density at radius 2 is 1.67 bits per heavy atom. The summed E-state index contributed by atoms with van der Waals surface area (Å²) < 4.78 is 16.1. The predicted molar refractivity (Wildman–Crippen MR) is 137 cm³/mol. The molecule has 2 N–H and O–H groups in total. The second kappa shape index (κ2) is 11.7. The van der Waals surface area contributed by atoms with Crippen molar-refractivity contribution in [3.63, 3.8) is 0 Å². The summed E-state index contributed by atoms with van der Waals surface area (Å²) in [7, 11) is 0. The van der Waals surface area contributed by atoms with Gasteiger partial charge in [-0.05, 0) is 69.1 Å². The maximum atomic E-state index is 13.0. The van der Waals surface area contributed by atoms with Gasteiger partial charge in [-0.3, -0.25) is 19.4 Å². The molecule has 0 spiro atoms. The summed E-state index contributed by atoms with van der Waals surface area (Å²) in [6, 6.07) is 12.3. The highest BCUT2D eigenvalue weighted by Crippen LogP contribution is 2.34. The first-order valence-corrected chi connectivity index (χ1v) is 12.8. The van der Waals surface area contributed by atoms with Crippen molar-refractivity contribution in [1.82, 2.24) is 9.80 Å². The minimum Gasteiger partial charge on any atom is -0.454 e. The first-order valence-electron chi connectivity index (χ1n) is 12.8. The van der Waals surface area contributed by atoms with Crippen molar-refractivity contribution < 1.29 is 23.8 Å². The van der Waals surface area contributed by atoms with Crippen molar-refractivity contribution >= 4 is 23.2 Å². The van der Waals surface area contributed by atoms with Gasteiger partial charge in [0.1, 0.15) is 0 Å². The maximum absolute atomic E-state index is 13.0. The summed E-state index contributed by atoms with van der Waals surface area (Å²) in [5.74, 6) is 1.56. The molecule has 0 radical (unpaired) electrons. The number of amides is 2. The number of nitrogens with one attached hydrogen (secondary N) is 2. The Bertz CT molecular complexity index is 1060. The van der Waals surface area contributed by atoms with E-state index >= 15 is 0 Å². The third-order valence-electron chi connectivity index (χ3n) is 7.11. The van der Waals surface area contributed by atoms with Gasteiger partial charge in [0.15, 0.2) is 11.5 Å². The number of anilines is 2. The molecule has 2 aromatic rings. The lowest BCUT2D eigenvalue weighted by molar-refractivity contribution is -0.117. The van der Waals surface area contributed by atoms with E-state index in [-0.39, 0.29) is 18.6 Å². The normalized spacial score (nSPS) is 18.7. The summed E-state index contributed by atoms with van der Waals surface area (Å²) in [4.78, 5) is 30.5. The molecule has 0 aliphatic carbocycles. The van der Waals surface area contributed by atoms with Crippen LogP contribution in [0.25, 0.3) is 0 Å². The first-order chi connectivity index (χ1) is 17.6. The highest BCUT2D eigenvalue weighted by Gasteiger charge is 2.23. The number of hydrogen-bond donors (Lipinski definition) is 2. The fourth-order valence-electron chi connectivity index (χ4n) is 4.98. The lowest BCUT2D eigenvalue weighted by Crippen LogP contribution is -2.41. The minimum atomic E-state index is -0.300. The van der Waals surface area contributed by atoms with Crippen molar-refractivity contribution in [3.8, 4) is 11.5 Å². The molecule has 9 nitrogen and oxygen atoms in total. The van der Waals surface area contributed by atoms with Crippen molar-refractivity contribution in [3.05, 3.63) is 48.0 Å². The highest BCUT2D eigenvalue weighted by atomic mass is 16.7. The van der Waals surface area contributed by atoms with Crippen LogP contribution in [0.15, 0.2) is 42.5 Å². The molecule has 3 aliphatic heterocycles. The van der Waals surface area contributed by atoms with Gasteiger partial charge in [-0.2, -0.15) is 0 Å². The van der Waals surface area contributed by atoms with Gasteiger partial charge in [-0.1, -0.05) is 12.1 Å². The maximum Gasteiger partial charge on any atom is 0.257 e. The second-order valence-electron chi connectivity index (χ2n) is 9.58. The molecule has 0 aromatic heterocycles. The fraction of sp³-hybridized carbons (Fsp3) is 0.481. The van der Waals surface area contributed by atoms with Crippen molar-refractivity contribution in [1.29, 1.82) is 0 Å². The van der Waals surface area contributed by atoms with Gasteiger partial charge >= 0.3 is 0 Å². The zero-order valence-electron chi connectivity index (χ0n) is 20.5. The lowest BCUT2D eigenvalue weighted by Gasteiger charge is -2.33. The van der Waals surface area contributed by atoms with Crippen LogP contribution in [0.5, 0.6) is 11.5 Å². The summed E-state index contributed by atoms with van der Waals surface area (Å²) in [5, 5.41) is 5.82. The van der Waals surface area contributed by atoms with E-state index in [1.807, 2.05) is 6.07 Å². The number of para-hydroxylation sites is 1. The summed E-state index contributed by atoms with van der Waals surface area (Å²) in [6.07, 6.45) is 3.45. The molecule has 36 heavy (non-hydrogen) atoms. The average molecular weight is 495 g/mol. The number of hydrogen-bond acceptors (Lipinski definition) is 7. The van der Waals surface area contributed by atoms with E-state index in [0.29, 0.717) is 40.9 Å².